The molecule has 1 fully saturated rings. The summed E-state index contributed by atoms with van der Waals surface area (Å²) in [6, 6.07) is 1.86. The van der Waals surface area contributed by atoms with E-state index in [0.29, 0.717) is 25.3 Å². The van der Waals surface area contributed by atoms with Crippen LogP contribution in [0.4, 0.5) is 4.79 Å². The SMILES string of the molecule is CCc1cn(C(=O)OC(C)(C)C)c2ncc(C)c(CNC(C(=O)N3CC(C#N)C3)C(C)C)c12. The zero-order valence-electron chi connectivity index (χ0n) is 20.7. The maximum atomic E-state index is 13.0. The molecule has 0 saturated carbocycles. The van der Waals surface area contributed by atoms with Gasteiger partial charge in [-0.1, -0.05) is 20.8 Å². The third-order valence-electron chi connectivity index (χ3n) is 5.99. The van der Waals surface area contributed by atoms with Crippen LogP contribution in [0, 0.1) is 30.1 Å². The fourth-order valence-corrected chi connectivity index (χ4v) is 4.14. The van der Waals surface area contributed by atoms with Crippen LogP contribution in [-0.4, -0.2) is 51.2 Å². The molecule has 33 heavy (non-hydrogen) atoms. The second-order valence-corrected chi connectivity index (χ2v) is 10.1. The third kappa shape index (κ3) is 5.19. The molecule has 0 bridgehead atoms. The minimum Gasteiger partial charge on any atom is -0.443 e. The van der Waals surface area contributed by atoms with Gasteiger partial charge in [-0.05, 0) is 56.7 Å². The Morgan fingerprint density at radius 3 is 2.55 bits per heavy atom. The number of hydrogen-bond acceptors (Lipinski definition) is 6. The summed E-state index contributed by atoms with van der Waals surface area (Å²) in [6.07, 6.45) is 3.85. The van der Waals surface area contributed by atoms with Gasteiger partial charge in [0, 0.05) is 37.4 Å². The lowest BCUT2D eigenvalue weighted by Crippen LogP contribution is -2.57. The molecule has 3 rings (SSSR count). The number of fused-ring (bicyclic) bond motifs is 1. The fourth-order valence-electron chi connectivity index (χ4n) is 4.14. The summed E-state index contributed by atoms with van der Waals surface area (Å²) in [5.41, 5.74) is 2.99. The van der Waals surface area contributed by atoms with E-state index in [9.17, 15) is 9.59 Å². The van der Waals surface area contributed by atoms with Crippen molar-refractivity contribution in [2.45, 2.75) is 73.1 Å². The Hall–Kier alpha value is -2.92. The van der Waals surface area contributed by atoms with Crippen LogP contribution in [0.5, 0.6) is 0 Å². The number of rotatable bonds is 6. The molecule has 1 aliphatic heterocycles. The molecular weight excluding hydrogens is 418 g/mol. The van der Waals surface area contributed by atoms with Crippen molar-refractivity contribution < 1.29 is 14.3 Å². The maximum absolute atomic E-state index is 13.0. The van der Waals surface area contributed by atoms with Crippen molar-refractivity contribution in [3.05, 3.63) is 29.1 Å². The van der Waals surface area contributed by atoms with Gasteiger partial charge in [-0.15, -0.1) is 0 Å². The molecule has 2 aromatic heterocycles. The second kappa shape index (κ2) is 9.52. The first-order chi connectivity index (χ1) is 15.5. The Morgan fingerprint density at radius 1 is 1.33 bits per heavy atom. The minimum absolute atomic E-state index is 0.0292. The lowest BCUT2D eigenvalue weighted by Gasteiger charge is -2.38. The van der Waals surface area contributed by atoms with Crippen LogP contribution in [0.2, 0.25) is 0 Å². The monoisotopic (exact) mass is 453 g/mol. The van der Waals surface area contributed by atoms with Gasteiger partial charge in [0.05, 0.1) is 18.0 Å². The number of pyridine rings is 1. The van der Waals surface area contributed by atoms with Crippen LogP contribution < -0.4 is 5.32 Å². The number of nitrogens with one attached hydrogen (secondary N) is 1. The first-order valence-electron chi connectivity index (χ1n) is 11.6. The average Bonchev–Trinajstić information content (AvgIpc) is 3.06. The molecule has 1 saturated heterocycles. The molecule has 0 aliphatic carbocycles. The quantitative estimate of drug-likeness (QED) is 0.714. The predicted molar refractivity (Wildman–Crippen MR) is 127 cm³/mol. The Morgan fingerprint density at radius 2 is 2.00 bits per heavy atom. The summed E-state index contributed by atoms with van der Waals surface area (Å²) < 4.78 is 7.06. The molecule has 1 atom stereocenters. The molecule has 0 spiro atoms. The Bertz CT molecular complexity index is 1080. The molecule has 1 aliphatic rings. The van der Waals surface area contributed by atoms with E-state index >= 15 is 0 Å². The van der Waals surface area contributed by atoms with Gasteiger partial charge in [0.2, 0.25) is 5.91 Å². The van der Waals surface area contributed by atoms with Crippen molar-refractivity contribution in [2.24, 2.45) is 11.8 Å². The number of carbonyl (C=O) groups is 2. The van der Waals surface area contributed by atoms with Crippen LogP contribution in [-0.2, 0) is 22.5 Å². The van der Waals surface area contributed by atoms with E-state index in [4.69, 9.17) is 10.00 Å². The van der Waals surface area contributed by atoms with Gasteiger partial charge in [-0.2, -0.15) is 5.26 Å². The van der Waals surface area contributed by atoms with E-state index in [1.54, 1.807) is 11.1 Å². The largest absolute Gasteiger partial charge is 0.443 e. The van der Waals surface area contributed by atoms with Gasteiger partial charge in [0.15, 0.2) is 0 Å². The molecule has 1 N–H and O–H groups in total. The van der Waals surface area contributed by atoms with E-state index in [2.05, 4.69) is 16.4 Å². The standard InChI is InChI=1S/C25H35N5O3/c1-8-18-14-30(24(32)33-25(5,6)7)22-20(18)19(16(4)10-28-22)11-27-21(15(2)3)23(31)29-12-17(9-26)13-29/h10,14-15,17,21,27H,8,11-13H2,1-7H3. The highest BCUT2D eigenvalue weighted by Crippen LogP contribution is 2.28. The highest BCUT2D eigenvalue weighted by atomic mass is 16.6. The van der Waals surface area contributed by atoms with Crippen molar-refractivity contribution in [1.29, 1.82) is 5.26 Å². The first-order valence-corrected chi connectivity index (χ1v) is 11.6. The maximum Gasteiger partial charge on any atom is 0.420 e. The van der Waals surface area contributed by atoms with Gasteiger partial charge >= 0.3 is 6.09 Å². The fraction of sp³-hybridized carbons (Fsp3) is 0.600. The van der Waals surface area contributed by atoms with E-state index in [1.165, 1.54) is 4.57 Å². The van der Waals surface area contributed by atoms with Gasteiger partial charge in [0.25, 0.3) is 0 Å². The molecule has 0 aromatic carbocycles. The second-order valence-electron chi connectivity index (χ2n) is 10.1. The van der Waals surface area contributed by atoms with E-state index < -0.39 is 11.7 Å². The predicted octanol–water partition coefficient (Wildman–Crippen LogP) is 3.79. The molecule has 8 heteroatoms. The lowest BCUT2D eigenvalue weighted by atomic mass is 9.96. The van der Waals surface area contributed by atoms with Gasteiger partial charge in [-0.25, -0.2) is 14.3 Å². The highest BCUT2D eigenvalue weighted by molar-refractivity contribution is 5.92. The Kier molecular flexibility index (Phi) is 7.13. The normalized spacial score (nSPS) is 15.4. The number of nitriles is 1. The van der Waals surface area contributed by atoms with Crippen molar-refractivity contribution in [3.8, 4) is 6.07 Å². The van der Waals surface area contributed by atoms with E-state index in [0.717, 1.165) is 28.5 Å². The molecule has 2 aromatic rings. The number of aromatic nitrogens is 2. The number of nitrogens with zero attached hydrogens (tertiary/aromatic N) is 4. The van der Waals surface area contributed by atoms with Crippen LogP contribution in [0.1, 0.15) is 58.2 Å². The topological polar surface area (TPSA) is 100 Å². The number of ether oxygens (including phenoxy) is 1. The number of likely N-dealkylation sites (tertiary alicyclic amines) is 1. The van der Waals surface area contributed by atoms with Crippen molar-refractivity contribution in [2.75, 3.05) is 13.1 Å². The summed E-state index contributed by atoms with van der Waals surface area (Å²) in [6.45, 7) is 15.1. The average molecular weight is 454 g/mol. The van der Waals surface area contributed by atoms with Crippen LogP contribution in [0.25, 0.3) is 11.0 Å². The lowest BCUT2D eigenvalue weighted by molar-refractivity contribution is -0.139. The van der Waals surface area contributed by atoms with E-state index in [-0.39, 0.29) is 23.8 Å². The van der Waals surface area contributed by atoms with Crippen LogP contribution in [0.3, 0.4) is 0 Å². The van der Waals surface area contributed by atoms with Crippen molar-refractivity contribution in [1.82, 2.24) is 19.8 Å². The molecule has 1 amide bonds. The molecule has 3 heterocycles. The van der Waals surface area contributed by atoms with Crippen molar-refractivity contribution in [3.63, 3.8) is 0 Å². The summed E-state index contributed by atoms with van der Waals surface area (Å²) >= 11 is 0. The van der Waals surface area contributed by atoms with Gasteiger partial charge < -0.3 is 15.0 Å². The summed E-state index contributed by atoms with van der Waals surface area (Å²) in [7, 11) is 0. The number of amides is 1. The van der Waals surface area contributed by atoms with E-state index in [1.807, 2.05) is 54.7 Å². The molecule has 178 valence electrons. The van der Waals surface area contributed by atoms with Gasteiger partial charge in [-0.3, -0.25) is 4.79 Å². The van der Waals surface area contributed by atoms with Crippen molar-refractivity contribution >= 4 is 23.0 Å². The minimum atomic E-state index is -0.610. The zero-order valence-corrected chi connectivity index (χ0v) is 20.7. The van der Waals surface area contributed by atoms with Gasteiger partial charge in [0.1, 0.15) is 11.2 Å². The molecule has 1 unspecified atom stereocenters. The summed E-state index contributed by atoms with van der Waals surface area (Å²) in [5, 5.41) is 13.4. The number of hydrogen-bond donors (Lipinski definition) is 1. The third-order valence-corrected chi connectivity index (χ3v) is 5.99. The zero-order chi connectivity index (χ0) is 24.5. The highest BCUT2D eigenvalue weighted by Gasteiger charge is 2.35. The number of carbonyl (C=O) groups excluding carboxylic acids is 2. The Balaban J connectivity index is 1.91. The molecule has 8 nitrogen and oxygen atoms in total. The summed E-state index contributed by atoms with van der Waals surface area (Å²) in [4.78, 5) is 32.1. The smallest absolute Gasteiger partial charge is 0.420 e. The number of aryl methyl sites for hydroxylation is 2. The summed E-state index contributed by atoms with van der Waals surface area (Å²) in [5.74, 6) is 0.0540. The first kappa shape index (κ1) is 24.7. The van der Waals surface area contributed by atoms with Crippen LogP contribution >= 0.6 is 0 Å². The Labute approximate surface area is 195 Å². The van der Waals surface area contributed by atoms with Crippen LogP contribution in [0.15, 0.2) is 12.4 Å². The molecule has 0 radical (unpaired) electrons. The molecular formula is C25H35N5O3.